The normalized spacial score (nSPS) is 18.1. The van der Waals surface area contributed by atoms with Gasteiger partial charge in [0.05, 0.1) is 76.3 Å². The van der Waals surface area contributed by atoms with Crippen molar-refractivity contribution in [1.29, 1.82) is 0 Å². The van der Waals surface area contributed by atoms with Crippen LogP contribution in [0.15, 0.2) is 0 Å². The molecule has 0 amide bonds. The van der Waals surface area contributed by atoms with Crippen LogP contribution in [0.25, 0.3) is 0 Å². The quantitative estimate of drug-likeness (QED) is 0.0252. The van der Waals surface area contributed by atoms with Gasteiger partial charge in [0.1, 0.15) is 0 Å². The van der Waals surface area contributed by atoms with Crippen LogP contribution in [0.4, 0.5) is 0 Å². The second kappa shape index (κ2) is 55.1. The molecule has 0 fully saturated rings. The summed E-state index contributed by atoms with van der Waals surface area (Å²) in [5.74, 6) is 0.462. The highest BCUT2D eigenvalue weighted by Gasteiger charge is 2.46. The molecule has 97 heavy (non-hydrogen) atoms. The fraction of sp³-hybridized carbons (Fsp3) is 1.00. The van der Waals surface area contributed by atoms with Gasteiger partial charge in [-0.3, -0.25) is 0 Å². The van der Waals surface area contributed by atoms with Crippen LogP contribution >= 0.6 is 0 Å². The Labute approximate surface area is 606 Å². The van der Waals surface area contributed by atoms with E-state index in [1.807, 2.05) is 13.5 Å². The molecule has 0 aromatic carbocycles. The predicted octanol–water partition coefficient (Wildman–Crippen LogP) is 10.6. The molecule has 0 aliphatic rings. The van der Waals surface area contributed by atoms with Crippen LogP contribution in [0.1, 0.15) is 81.1 Å². The first-order valence-corrected chi connectivity index (χ1v) is 68.9. The third-order valence-corrected chi connectivity index (χ3v) is 54.7. The Morgan fingerprint density at radius 1 is 0.268 bits per heavy atom. The van der Waals surface area contributed by atoms with Crippen LogP contribution in [0.5, 0.6) is 0 Å². The Hall–Kier alpha value is 1.64. The molecule has 0 aromatic rings. The summed E-state index contributed by atoms with van der Waals surface area (Å²) in [5, 5.41) is 111. The molecule has 0 saturated heterocycles. The molecule has 12 atom stereocenters. The minimum atomic E-state index is -2.40. The molecule has 0 radical (unpaired) electrons. The van der Waals surface area contributed by atoms with Gasteiger partial charge in [0.25, 0.3) is 0 Å². The van der Waals surface area contributed by atoms with E-state index >= 15 is 0 Å². The van der Waals surface area contributed by atoms with Gasteiger partial charge in [-0.25, -0.2) is 0 Å². The van der Waals surface area contributed by atoms with Crippen molar-refractivity contribution in [1.82, 2.24) is 0 Å². The van der Waals surface area contributed by atoms with Crippen LogP contribution in [0.2, 0.25) is 191 Å². The smallest absolute Gasteiger partial charge is 0.330 e. The second-order valence-electron chi connectivity index (χ2n) is 31.4. The van der Waals surface area contributed by atoms with Gasteiger partial charge in [0.2, 0.25) is 0 Å². The largest absolute Gasteiger partial charge is 0.436 e. The topological polar surface area (TPSA) is 354 Å². The van der Waals surface area contributed by atoms with Gasteiger partial charge in [-0.1, -0.05) is 81.1 Å². The van der Waals surface area contributed by atoms with E-state index < -0.39 is 138 Å². The van der Waals surface area contributed by atoms with Gasteiger partial charge in [-0.15, -0.1) is 0 Å². The predicted molar refractivity (Wildman–Crippen MR) is 428 cm³/mol. The average Bonchev–Trinajstić information content (AvgIpc) is 0.877. The average molecular weight is 1610 g/mol. The Kier molecular flexibility index (Phi) is 63.6. The lowest BCUT2D eigenvalue weighted by Gasteiger charge is -2.37. The summed E-state index contributed by atoms with van der Waals surface area (Å²) in [6, 6.07) is 6.99. The van der Waals surface area contributed by atoms with Gasteiger partial charge in [-0.2, -0.15) is 0 Å². The standard InChI is InChI=1S/3C11H28O4Si2.C10H26O4Si2.C9H24O4Si2.C8H22O4Si2.CH4/c1-10(2)8-17(14-3,9-11(13)7-12)15-16(4,5)6;2*1-6-7-8-17(14-2,10-11(13)9-12)15-16(3,4)5;1-6-7-16(13-2,9-10(12)8-11)14-15(3,4)5;1-6-15(12-2,8-9(11)7-10)13-14(3,4)5;1-11-14(5,7-8(10)6-9)12-13(2,3)4;/h10-13H,7-9H2,1-6H3;2*11-13H,6-10H2,1-5H3;10-12H,6-9H2,1-5H3;9-11H,6-8H2,1-5H3;8-10H,6-7H2,1-5H3;1H4. The first kappa shape index (κ1) is 112. The van der Waals surface area contributed by atoms with Crippen molar-refractivity contribution in [3.05, 3.63) is 0 Å². The molecule has 0 bridgehead atoms. The Bertz CT molecular complexity index is 1790. The molecule has 12 N–H and O–H groups in total. The molecule has 12 unspecified atom stereocenters. The van der Waals surface area contributed by atoms with Crippen LogP contribution in [0.3, 0.4) is 0 Å². The fourth-order valence-corrected chi connectivity index (χ4v) is 56.1. The maximum Gasteiger partial charge on any atom is 0.330 e. The zero-order valence-electron chi connectivity index (χ0n) is 66.9. The van der Waals surface area contributed by atoms with Gasteiger partial charge in [-0.05, 0) is 161 Å². The van der Waals surface area contributed by atoms with Crippen molar-refractivity contribution in [2.24, 2.45) is 5.92 Å². The van der Waals surface area contributed by atoms with E-state index in [9.17, 15) is 30.6 Å². The maximum atomic E-state index is 9.67. The van der Waals surface area contributed by atoms with Gasteiger partial charge < -0.3 is 113 Å². The van der Waals surface area contributed by atoms with Crippen LogP contribution in [-0.4, -0.2) is 281 Å². The summed E-state index contributed by atoms with van der Waals surface area (Å²) in [6.45, 7) is 51.3. The molecule has 24 nitrogen and oxygen atoms in total. The first-order valence-electron chi connectivity index (χ1n) is 34.7. The Morgan fingerprint density at radius 3 is 0.680 bits per heavy atom. The number of aliphatic hydroxyl groups is 12. The highest BCUT2D eigenvalue weighted by molar-refractivity contribution is 6.85. The van der Waals surface area contributed by atoms with Crippen LogP contribution in [0, 0.1) is 5.92 Å². The molecule has 0 saturated carbocycles. The highest BCUT2D eigenvalue weighted by atomic mass is 28.5. The lowest BCUT2D eigenvalue weighted by molar-refractivity contribution is 0.0994. The van der Waals surface area contributed by atoms with E-state index in [1.165, 1.54) is 0 Å². The van der Waals surface area contributed by atoms with Gasteiger partial charge in [0.15, 0.2) is 49.9 Å². The van der Waals surface area contributed by atoms with Crippen molar-refractivity contribution in [3.63, 3.8) is 0 Å². The summed E-state index contributed by atoms with van der Waals surface area (Å²) in [6.07, 6.45) is 0.852. The zero-order valence-corrected chi connectivity index (χ0v) is 78.9. The molecular weight excluding hydrogens is 1450 g/mol. The molecule has 0 heterocycles. The summed E-state index contributed by atoms with van der Waals surface area (Å²) in [5.41, 5.74) is 0. The van der Waals surface area contributed by atoms with Gasteiger partial charge >= 0.3 is 51.4 Å². The fourth-order valence-electron chi connectivity index (χ4n) is 10.3. The number of unbranched alkanes of at least 4 members (excludes halogenated alkanes) is 2. The number of aliphatic hydroxyl groups excluding tert-OH is 12. The van der Waals surface area contributed by atoms with Crippen LogP contribution in [-0.2, 0) is 51.2 Å². The van der Waals surface area contributed by atoms with E-state index in [1.54, 1.807) is 42.7 Å². The van der Waals surface area contributed by atoms with Crippen LogP contribution < -0.4 is 0 Å². The molecule has 0 aromatic heterocycles. The molecule has 596 valence electrons. The summed E-state index contributed by atoms with van der Waals surface area (Å²) < 4.78 is 70.4. The Balaban J connectivity index is -0.000000200. The monoisotopic (exact) mass is 1610 g/mol. The molecule has 0 aliphatic heterocycles. The highest BCUT2D eigenvalue weighted by Crippen LogP contribution is 2.32. The van der Waals surface area contributed by atoms with Crippen molar-refractivity contribution < 1.29 is 113 Å². The van der Waals surface area contributed by atoms with E-state index in [0.29, 0.717) is 42.2 Å². The Morgan fingerprint density at radius 2 is 0.485 bits per heavy atom. The van der Waals surface area contributed by atoms with Gasteiger partial charge in [0, 0.05) is 78.9 Å². The number of hydrogen-bond donors (Lipinski definition) is 12. The molecule has 0 rings (SSSR count). The second-order valence-corrected chi connectivity index (χ2v) is 80.5. The summed E-state index contributed by atoms with van der Waals surface area (Å²) in [4.78, 5) is 0. The number of hydrogen-bond acceptors (Lipinski definition) is 24. The SMILES string of the molecule is C.CCCC[Si](CC(O)CO)(OC)O[Si](C)(C)C.CCCC[Si](CC(O)CO)(OC)O[Si](C)(C)C.CCC[Si](CC(O)CO)(OC)O[Si](C)(C)C.CC[Si](CC(O)CO)(OC)O[Si](C)(C)C.CO[Si](C)(CC(O)CO)O[Si](C)(C)C.CO[Si](CC(C)C)(CC(O)CO)O[Si](C)(C)C. The lowest BCUT2D eigenvalue weighted by atomic mass is 10.3. The lowest BCUT2D eigenvalue weighted by Crippen LogP contribution is -2.52. The first-order chi connectivity index (χ1) is 43.5. The van der Waals surface area contributed by atoms with E-state index in [-0.39, 0.29) is 47.1 Å². The van der Waals surface area contributed by atoms with E-state index in [0.717, 1.165) is 62.3 Å². The molecule has 0 spiro atoms. The third kappa shape index (κ3) is 62.4. The minimum Gasteiger partial charge on any atom is -0.436 e. The molecule has 0 aliphatic carbocycles. The minimum absolute atomic E-state index is 0. The van der Waals surface area contributed by atoms with E-state index in [2.05, 4.69) is 152 Å². The third-order valence-electron chi connectivity index (χ3n) is 13.6. The van der Waals surface area contributed by atoms with Crippen molar-refractivity contribution >= 4 is 101 Å². The van der Waals surface area contributed by atoms with Crippen molar-refractivity contribution in [2.75, 3.05) is 82.3 Å². The zero-order chi connectivity index (χ0) is 77.1. The molecular formula is C61H160O24Si12. The number of rotatable bonds is 47. The molecule has 36 heteroatoms. The maximum absolute atomic E-state index is 9.67. The van der Waals surface area contributed by atoms with E-state index in [4.69, 9.17) is 81.9 Å². The summed E-state index contributed by atoms with van der Waals surface area (Å²) >= 11 is 0. The summed E-state index contributed by atoms with van der Waals surface area (Å²) in [7, 11) is -14.3. The van der Waals surface area contributed by atoms with Crippen molar-refractivity contribution in [2.45, 2.75) is 309 Å². The van der Waals surface area contributed by atoms with Crippen molar-refractivity contribution in [3.8, 4) is 0 Å².